The third kappa shape index (κ3) is 5.75. The summed E-state index contributed by atoms with van der Waals surface area (Å²) in [4.78, 5) is 29.1. The lowest BCUT2D eigenvalue weighted by atomic mass is 10.1. The summed E-state index contributed by atoms with van der Waals surface area (Å²) in [6, 6.07) is 13.1. The number of carbonyl (C=O) groups excluding carboxylic acids is 2. The third-order valence-electron chi connectivity index (χ3n) is 5.23. The smallest absolute Gasteiger partial charge is 0.254 e. The number of rotatable bonds is 9. The molecule has 0 saturated heterocycles. The van der Waals surface area contributed by atoms with Crippen LogP contribution in [0.1, 0.15) is 49.5 Å². The number of carbonyl (C=O) groups is 2. The van der Waals surface area contributed by atoms with Gasteiger partial charge >= 0.3 is 0 Å². The molecule has 0 aliphatic heterocycles. The van der Waals surface area contributed by atoms with Crippen molar-refractivity contribution in [3.05, 3.63) is 53.6 Å². The molecule has 0 saturated carbocycles. The van der Waals surface area contributed by atoms with Gasteiger partial charge in [-0.05, 0) is 61.4 Å². The summed E-state index contributed by atoms with van der Waals surface area (Å²) in [5.41, 5.74) is 3.36. The average Bonchev–Trinajstić information content (AvgIpc) is 2.76. The van der Waals surface area contributed by atoms with Gasteiger partial charge in [0.1, 0.15) is 5.75 Å². The van der Waals surface area contributed by atoms with E-state index < -0.39 is 0 Å². The number of nitrogens with one attached hydrogen (secondary N) is 1. The molecule has 1 unspecified atom stereocenters. The first kappa shape index (κ1) is 23.3. The predicted molar refractivity (Wildman–Crippen MR) is 122 cm³/mol. The zero-order valence-corrected chi connectivity index (χ0v) is 18.9. The number of hydrogen-bond donors (Lipinski definition) is 1. The van der Waals surface area contributed by atoms with Crippen molar-refractivity contribution in [3.8, 4) is 5.75 Å². The van der Waals surface area contributed by atoms with Crippen LogP contribution in [0.25, 0.3) is 0 Å². The summed E-state index contributed by atoms with van der Waals surface area (Å²) in [6.45, 7) is 6.40. The molecule has 2 aromatic rings. The zero-order chi connectivity index (χ0) is 22.3. The molecule has 6 nitrogen and oxygen atoms in total. The Morgan fingerprint density at radius 2 is 1.73 bits per heavy atom. The maximum atomic E-state index is 13.3. The fraction of sp³-hybridized carbons (Fsp3) is 0.417. The van der Waals surface area contributed by atoms with Gasteiger partial charge in [-0.15, -0.1) is 0 Å². The second-order valence-electron chi connectivity index (χ2n) is 7.56. The van der Waals surface area contributed by atoms with Crippen molar-refractivity contribution in [3.63, 3.8) is 0 Å². The van der Waals surface area contributed by atoms with Crippen molar-refractivity contribution in [2.45, 2.75) is 46.2 Å². The van der Waals surface area contributed by atoms with Gasteiger partial charge in [0.05, 0.1) is 7.11 Å². The van der Waals surface area contributed by atoms with E-state index >= 15 is 0 Å². The quantitative estimate of drug-likeness (QED) is 0.658. The van der Waals surface area contributed by atoms with Gasteiger partial charge < -0.3 is 19.9 Å². The van der Waals surface area contributed by atoms with Gasteiger partial charge in [-0.3, -0.25) is 9.59 Å². The number of benzene rings is 2. The number of ether oxygens (including phenoxy) is 1. The second-order valence-corrected chi connectivity index (χ2v) is 7.56. The molecule has 0 aromatic heterocycles. The number of anilines is 2. The van der Waals surface area contributed by atoms with Crippen molar-refractivity contribution >= 4 is 23.2 Å². The van der Waals surface area contributed by atoms with Gasteiger partial charge in [0.15, 0.2) is 0 Å². The van der Waals surface area contributed by atoms with E-state index in [0.29, 0.717) is 18.5 Å². The summed E-state index contributed by atoms with van der Waals surface area (Å²) in [5.74, 6) is 0.655. The molecule has 162 valence electrons. The van der Waals surface area contributed by atoms with Gasteiger partial charge in [0, 0.05) is 50.0 Å². The fourth-order valence-corrected chi connectivity index (χ4v) is 3.21. The first-order valence-corrected chi connectivity index (χ1v) is 10.4. The van der Waals surface area contributed by atoms with Crippen LogP contribution in [0.5, 0.6) is 5.75 Å². The van der Waals surface area contributed by atoms with E-state index in [1.807, 2.05) is 49.0 Å². The van der Waals surface area contributed by atoms with Crippen molar-refractivity contribution < 1.29 is 14.3 Å². The molecular weight excluding hydrogens is 378 g/mol. The van der Waals surface area contributed by atoms with Gasteiger partial charge in [-0.25, -0.2) is 0 Å². The summed E-state index contributed by atoms with van der Waals surface area (Å²) >= 11 is 0. The minimum absolute atomic E-state index is 0.0280. The van der Waals surface area contributed by atoms with Gasteiger partial charge in [0.25, 0.3) is 5.91 Å². The van der Waals surface area contributed by atoms with Gasteiger partial charge in [0.2, 0.25) is 5.91 Å². The lowest BCUT2D eigenvalue weighted by Gasteiger charge is -2.31. The summed E-state index contributed by atoms with van der Waals surface area (Å²) in [6.07, 6.45) is 1.26. The van der Waals surface area contributed by atoms with Crippen LogP contribution in [0.4, 0.5) is 11.4 Å². The average molecular weight is 412 g/mol. The summed E-state index contributed by atoms with van der Waals surface area (Å²) in [5, 5.41) is 2.91. The molecule has 30 heavy (non-hydrogen) atoms. The third-order valence-corrected chi connectivity index (χ3v) is 5.23. The molecule has 2 rings (SSSR count). The Bertz CT molecular complexity index is 862. The van der Waals surface area contributed by atoms with Gasteiger partial charge in [-0.2, -0.15) is 0 Å². The molecule has 2 aromatic carbocycles. The van der Waals surface area contributed by atoms with Crippen LogP contribution in [0.3, 0.4) is 0 Å². The predicted octanol–water partition coefficient (Wildman–Crippen LogP) is 4.55. The van der Waals surface area contributed by atoms with Crippen molar-refractivity contribution in [2.24, 2.45) is 0 Å². The Hall–Kier alpha value is -3.02. The Morgan fingerprint density at radius 1 is 1.07 bits per heavy atom. The standard InChI is InChI=1S/C24H33N3O3/c1-7-17(3)27(24(29)18-9-12-21(30-6)13-10-18)16-19-15-20(25-23(28)8-2)11-14-22(19)26(4)5/h9-15,17H,7-8,16H2,1-6H3,(H,25,28). The first-order valence-electron chi connectivity index (χ1n) is 10.4. The maximum absolute atomic E-state index is 13.3. The van der Waals surface area contributed by atoms with E-state index in [1.54, 1.807) is 31.4 Å². The first-order chi connectivity index (χ1) is 14.3. The number of methoxy groups -OCH3 is 1. The van der Waals surface area contributed by atoms with E-state index in [2.05, 4.69) is 19.2 Å². The number of nitrogens with zero attached hydrogens (tertiary/aromatic N) is 2. The van der Waals surface area contributed by atoms with Crippen LogP contribution in [0, 0.1) is 0 Å². The molecule has 0 radical (unpaired) electrons. The normalized spacial score (nSPS) is 11.5. The van der Waals surface area contributed by atoms with Crippen LogP contribution in [-0.2, 0) is 11.3 Å². The van der Waals surface area contributed by atoms with Crippen molar-refractivity contribution in [1.82, 2.24) is 4.90 Å². The van der Waals surface area contributed by atoms with Crippen LogP contribution in [0.15, 0.2) is 42.5 Å². The fourth-order valence-electron chi connectivity index (χ4n) is 3.21. The molecule has 0 aliphatic rings. The molecular formula is C24H33N3O3. The van der Waals surface area contributed by atoms with Crippen LogP contribution in [0.2, 0.25) is 0 Å². The SMILES string of the molecule is CCC(=O)Nc1ccc(N(C)C)c(CN(C(=O)c2ccc(OC)cc2)C(C)CC)c1. The Morgan fingerprint density at radius 3 is 2.27 bits per heavy atom. The minimum atomic E-state index is -0.0355. The molecule has 6 heteroatoms. The van der Waals surface area contributed by atoms with E-state index in [4.69, 9.17) is 4.74 Å². The highest BCUT2D eigenvalue weighted by molar-refractivity contribution is 5.95. The molecule has 1 atom stereocenters. The van der Waals surface area contributed by atoms with E-state index in [0.717, 1.165) is 29.1 Å². The molecule has 0 bridgehead atoms. The van der Waals surface area contributed by atoms with Crippen LogP contribution >= 0.6 is 0 Å². The monoisotopic (exact) mass is 411 g/mol. The highest BCUT2D eigenvalue weighted by Crippen LogP contribution is 2.27. The largest absolute Gasteiger partial charge is 0.497 e. The highest BCUT2D eigenvalue weighted by atomic mass is 16.5. The lowest BCUT2D eigenvalue weighted by Crippen LogP contribution is -2.38. The lowest BCUT2D eigenvalue weighted by molar-refractivity contribution is -0.115. The van der Waals surface area contributed by atoms with Crippen molar-refractivity contribution in [2.75, 3.05) is 31.4 Å². The van der Waals surface area contributed by atoms with Crippen LogP contribution < -0.4 is 15.0 Å². The maximum Gasteiger partial charge on any atom is 0.254 e. The molecule has 0 heterocycles. The Kier molecular flexibility index (Phi) is 8.27. The number of amides is 2. The second kappa shape index (κ2) is 10.7. The number of hydrogen-bond acceptors (Lipinski definition) is 4. The van der Waals surface area contributed by atoms with Crippen LogP contribution in [-0.4, -0.2) is 44.0 Å². The summed E-state index contributed by atoms with van der Waals surface area (Å²) in [7, 11) is 5.55. The minimum Gasteiger partial charge on any atom is -0.497 e. The Labute approximate surface area is 179 Å². The molecule has 0 aliphatic carbocycles. The van der Waals surface area contributed by atoms with Gasteiger partial charge in [-0.1, -0.05) is 13.8 Å². The molecule has 1 N–H and O–H groups in total. The molecule has 0 spiro atoms. The molecule has 2 amide bonds. The van der Waals surface area contributed by atoms with E-state index in [-0.39, 0.29) is 17.9 Å². The van der Waals surface area contributed by atoms with E-state index in [1.165, 1.54) is 0 Å². The zero-order valence-electron chi connectivity index (χ0n) is 18.9. The van der Waals surface area contributed by atoms with E-state index in [9.17, 15) is 9.59 Å². The highest BCUT2D eigenvalue weighted by Gasteiger charge is 2.22. The molecule has 0 fully saturated rings. The Balaban J connectivity index is 2.39. The van der Waals surface area contributed by atoms with Crippen molar-refractivity contribution in [1.29, 1.82) is 0 Å². The topological polar surface area (TPSA) is 61.9 Å². The summed E-state index contributed by atoms with van der Waals surface area (Å²) < 4.78 is 5.20.